The van der Waals surface area contributed by atoms with Crippen molar-refractivity contribution in [2.75, 3.05) is 6.61 Å². The summed E-state index contributed by atoms with van der Waals surface area (Å²) in [5.74, 6) is 1.48. The highest BCUT2D eigenvalue weighted by Gasteiger charge is 2.29. The summed E-state index contributed by atoms with van der Waals surface area (Å²) in [4.78, 5) is 0. The number of hydrogen-bond donors (Lipinski definition) is 1. The fraction of sp³-hybridized carbons (Fsp3) is 0.778. The van der Waals surface area contributed by atoms with Crippen molar-refractivity contribution in [3.63, 3.8) is 0 Å². The van der Waals surface area contributed by atoms with Crippen LogP contribution in [0.15, 0.2) is 0 Å². The number of hydrogen-bond acceptors (Lipinski definition) is 3. The monoisotopic (exact) mass is 213 g/mol. The van der Waals surface area contributed by atoms with Gasteiger partial charge in [0.05, 0.1) is 0 Å². The number of rotatable bonds is 2. The van der Waals surface area contributed by atoms with E-state index in [1.54, 1.807) is 0 Å². The maximum Gasteiger partial charge on any atom is 0.195 e. The van der Waals surface area contributed by atoms with Gasteiger partial charge in [-0.3, -0.25) is 5.10 Å². The molecule has 1 N–H and O–H groups in total. The first-order valence-corrected chi connectivity index (χ1v) is 5.41. The molecule has 2 heterocycles. The fourth-order valence-corrected chi connectivity index (χ4v) is 2.15. The predicted octanol–water partition coefficient (Wildman–Crippen LogP) is 2.06. The Morgan fingerprint density at radius 2 is 2.50 bits per heavy atom. The Balaban J connectivity index is 2.35. The molecule has 1 aliphatic rings. The quantitative estimate of drug-likeness (QED) is 0.765. The first kappa shape index (κ1) is 9.86. The molecule has 1 saturated heterocycles. The summed E-state index contributed by atoms with van der Waals surface area (Å²) in [6.07, 6.45) is 1.22. The molecule has 1 aromatic heterocycles. The molecule has 0 radical (unpaired) electrons. The lowest BCUT2D eigenvalue weighted by molar-refractivity contribution is 0.0840. The van der Waals surface area contributed by atoms with Crippen LogP contribution in [0.5, 0.6) is 0 Å². The zero-order chi connectivity index (χ0) is 10.1. The van der Waals surface area contributed by atoms with Crippen molar-refractivity contribution in [3.05, 3.63) is 10.6 Å². The average Bonchev–Trinajstić information content (AvgIpc) is 2.71. The molecule has 0 aromatic carbocycles. The van der Waals surface area contributed by atoms with Crippen LogP contribution in [0.3, 0.4) is 0 Å². The summed E-state index contributed by atoms with van der Waals surface area (Å²) >= 11 is 5.14. The molecular weight excluding hydrogens is 198 g/mol. The number of H-pyrrole nitrogens is 1. The van der Waals surface area contributed by atoms with Crippen molar-refractivity contribution in [1.82, 2.24) is 14.8 Å². The van der Waals surface area contributed by atoms with E-state index in [2.05, 4.69) is 24.0 Å². The van der Waals surface area contributed by atoms with E-state index in [1.807, 2.05) is 4.57 Å². The first-order valence-electron chi connectivity index (χ1n) is 5.00. The summed E-state index contributed by atoms with van der Waals surface area (Å²) in [7, 11) is 0. The highest BCUT2D eigenvalue weighted by atomic mass is 32.1. The van der Waals surface area contributed by atoms with Crippen LogP contribution < -0.4 is 0 Å². The van der Waals surface area contributed by atoms with Gasteiger partial charge in [-0.25, -0.2) is 0 Å². The van der Waals surface area contributed by atoms with Crippen LogP contribution in [0.2, 0.25) is 0 Å². The maximum absolute atomic E-state index is 5.66. The molecular formula is C9H15N3OS. The minimum Gasteiger partial charge on any atom is -0.370 e. The van der Waals surface area contributed by atoms with Gasteiger partial charge in [0.25, 0.3) is 0 Å². The van der Waals surface area contributed by atoms with Gasteiger partial charge in [-0.15, -0.1) is 0 Å². The lowest BCUT2D eigenvalue weighted by atomic mass is 10.0. The third kappa shape index (κ3) is 1.50. The van der Waals surface area contributed by atoms with Crippen molar-refractivity contribution in [3.8, 4) is 0 Å². The molecule has 2 atom stereocenters. The van der Waals surface area contributed by atoms with Gasteiger partial charge in [-0.05, 0) is 31.5 Å². The summed E-state index contributed by atoms with van der Waals surface area (Å²) < 4.78 is 8.34. The van der Waals surface area contributed by atoms with Gasteiger partial charge in [-0.1, -0.05) is 6.92 Å². The van der Waals surface area contributed by atoms with Crippen LogP contribution in [0.1, 0.15) is 32.2 Å². The summed E-state index contributed by atoms with van der Waals surface area (Å²) in [6.45, 7) is 5.93. The molecule has 4 nitrogen and oxygen atoms in total. The minimum atomic E-state index is 0.114. The van der Waals surface area contributed by atoms with Gasteiger partial charge in [0, 0.05) is 13.2 Å². The maximum atomic E-state index is 5.66. The minimum absolute atomic E-state index is 0.114. The van der Waals surface area contributed by atoms with Crippen molar-refractivity contribution in [1.29, 1.82) is 0 Å². The smallest absolute Gasteiger partial charge is 0.195 e. The third-order valence-corrected chi connectivity index (χ3v) is 3.06. The molecule has 0 spiro atoms. The van der Waals surface area contributed by atoms with E-state index in [0.29, 0.717) is 10.7 Å². The molecule has 0 aliphatic carbocycles. The highest BCUT2D eigenvalue weighted by Crippen LogP contribution is 2.32. The fourth-order valence-electron chi connectivity index (χ4n) is 1.88. The van der Waals surface area contributed by atoms with Gasteiger partial charge >= 0.3 is 0 Å². The third-order valence-electron chi connectivity index (χ3n) is 2.75. The zero-order valence-corrected chi connectivity index (χ0v) is 9.30. The second-order valence-electron chi connectivity index (χ2n) is 3.69. The second kappa shape index (κ2) is 3.82. The van der Waals surface area contributed by atoms with E-state index in [-0.39, 0.29) is 6.10 Å². The second-order valence-corrected chi connectivity index (χ2v) is 4.08. The zero-order valence-electron chi connectivity index (χ0n) is 8.49. The Morgan fingerprint density at radius 3 is 3.07 bits per heavy atom. The van der Waals surface area contributed by atoms with Crippen LogP contribution >= 0.6 is 12.2 Å². The Bertz CT molecular complexity index is 370. The SMILES string of the molecule is CCn1c(C2OCCC2C)n[nH]c1=S. The molecule has 0 amide bonds. The summed E-state index contributed by atoms with van der Waals surface area (Å²) in [5, 5.41) is 7.06. The van der Waals surface area contributed by atoms with Crippen LogP contribution in [-0.4, -0.2) is 21.4 Å². The molecule has 0 bridgehead atoms. The van der Waals surface area contributed by atoms with E-state index in [4.69, 9.17) is 17.0 Å². The highest BCUT2D eigenvalue weighted by molar-refractivity contribution is 7.71. The Morgan fingerprint density at radius 1 is 1.71 bits per heavy atom. The molecule has 5 heteroatoms. The van der Waals surface area contributed by atoms with E-state index < -0.39 is 0 Å². The Hall–Kier alpha value is -0.680. The topological polar surface area (TPSA) is 42.8 Å². The number of nitrogens with zero attached hydrogens (tertiary/aromatic N) is 2. The van der Waals surface area contributed by atoms with Gasteiger partial charge in [0.1, 0.15) is 6.10 Å². The number of aromatic amines is 1. The standard InChI is InChI=1S/C9H15N3OS/c1-3-12-8(10-11-9(12)14)7-6(2)4-5-13-7/h6-7H,3-5H2,1-2H3,(H,11,14). The normalized spacial score (nSPS) is 27.0. The largest absolute Gasteiger partial charge is 0.370 e. The van der Waals surface area contributed by atoms with Crippen LogP contribution in [0.4, 0.5) is 0 Å². The van der Waals surface area contributed by atoms with Gasteiger partial charge < -0.3 is 9.30 Å². The van der Waals surface area contributed by atoms with Crippen LogP contribution in [0, 0.1) is 10.7 Å². The molecule has 1 fully saturated rings. The molecule has 78 valence electrons. The van der Waals surface area contributed by atoms with Gasteiger partial charge in [0.2, 0.25) is 0 Å². The van der Waals surface area contributed by atoms with E-state index in [9.17, 15) is 0 Å². The first-order chi connectivity index (χ1) is 6.74. The Kier molecular flexibility index (Phi) is 2.69. The molecule has 2 rings (SSSR count). The van der Waals surface area contributed by atoms with Crippen molar-refractivity contribution >= 4 is 12.2 Å². The van der Waals surface area contributed by atoms with Crippen LogP contribution in [0.25, 0.3) is 0 Å². The average molecular weight is 213 g/mol. The Labute approximate surface area is 88.3 Å². The van der Waals surface area contributed by atoms with Crippen molar-refractivity contribution in [2.45, 2.75) is 32.9 Å². The van der Waals surface area contributed by atoms with Crippen molar-refractivity contribution in [2.24, 2.45) is 5.92 Å². The molecule has 2 unspecified atom stereocenters. The number of nitrogens with one attached hydrogen (secondary N) is 1. The van der Waals surface area contributed by atoms with E-state index >= 15 is 0 Å². The number of aromatic nitrogens is 3. The van der Waals surface area contributed by atoms with E-state index in [1.165, 1.54) is 0 Å². The van der Waals surface area contributed by atoms with Gasteiger partial charge in [0.15, 0.2) is 10.6 Å². The van der Waals surface area contributed by atoms with Gasteiger partial charge in [-0.2, -0.15) is 5.10 Å². The lowest BCUT2D eigenvalue weighted by Gasteiger charge is -2.14. The molecule has 1 aromatic rings. The van der Waals surface area contributed by atoms with Crippen LogP contribution in [-0.2, 0) is 11.3 Å². The number of ether oxygens (including phenoxy) is 1. The van der Waals surface area contributed by atoms with Crippen molar-refractivity contribution < 1.29 is 4.74 Å². The molecule has 14 heavy (non-hydrogen) atoms. The molecule has 0 saturated carbocycles. The summed E-state index contributed by atoms with van der Waals surface area (Å²) in [6, 6.07) is 0. The van der Waals surface area contributed by atoms with E-state index in [0.717, 1.165) is 25.4 Å². The molecule has 1 aliphatic heterocycles. The predicted molar refractivity (Wildman–Crippen MR) is 55.6 cm³/mol. The summed E-state index contributed by atoms with van der Waals surface area (Å²) in [5.41, 5.74) is 0. The lowest BCUT2D eigenvalue weighted by Crippen LogP contribution is -2.12.